The van der Waals surface area contributed by atoms with Crippen LogP contribution in [-0.2, 0) is 0 Å². The summed E-state index contributed by atoms with van der Waals surface area (Å²) < 4.78 is 0. The second-order valence-electron chi connectivity index (χ2n) is 1.08. The molecule has 0 aromatic heterocycles. The molecule has 0 aliphatic rings. The van der Waals surface area contributed by atoms with E-state index >= 15 is 0 Å². The number of allylic oxidation sites excluding steroid dienone is 1. The molecule has 0 aliphatic heterocycles. The Morgan fingerprint density at radius 3 is 2.60 bits per heavy atom. The molecular formula is C5H11+. The summed E-state index contributed by atoms with van der Waals surface area (Å²) in [4.78, 5) is 0. The van der Waals surface area contributed by atoms with E-state index in [0.717, 1.165) is 6.42 Å². The van der Waals surface area contributed by atoms with Crippen molar-refractivity contribution in [2.75, 3.05) is 0 Å². The minimum absolute atomic E-state index is 0. The summed E-state index contributed by atoms with van der Waals surface area (Å²) in [5.41, 5.74) is 0. The summed E-state index contributed by atoms with van der Waals surface area (Å²) in [6.07, 6.45) is 4.31. The van der Waals surface area contributed by atoms with Crippen LogP contribution in [0.5, 0.6) is 0 Å². The van der Waals surface area contributed by atoms with Gasteiger partial charge in [-0.15, -0.1) is 6.58 Å². The van der Waals surface area contributed by atoms with Gasteiger partial charge in [0.2, 0.25) is 0 Å². The van der Waals surface area contributed by atoms with Gasteiger partial charge < -0.3 is 0 Å². The fourth-order valence-electron chi connectivity index (χ4n) is 0.204. The maximum absolute atomic E-state index is 3.55. The van der Waals surface area contributed by atoms with E-state index in [1.54, 1.807) is 0 Å². The molecule has 5 heavy (non-hydrogen) atoms. The Morgan fingerprint density at radius 1 is 2.00 bits per heavy atom. The molecule has 0 N–H and O–H groups in total. The lowest BCUT2D eigenvalue weighted by molar-refractivity contribution is 0.961. The second kappa shape index (κ2) is 3.74. The van der Waals surface area contributed by atoms with Gasteiger partial charge in [0, 0.05) is 0 Å². The van der Waals surface area contributed by atoms with E-state index in [-0.39, 0.29) is 1.43 Å². The molecular weight excluding hydrogens is 60.1 g/mol. The largest absolute Gasteiger partial charge is 1.00 e. The van der Waals surface area contributed by atoms with Crippen molar-refractivity contribution >= 4 is 0 Å². The van der Waals surface area contributed by atoms with Crippen molar-refractivity contribution in [3.63, 3.8) is 0 Å². The highest BCUT2D eigenvalue weighted by atomic mass is 13.7. The van der Waals surface area contributed by atoms with Crippen LogP contribution in [0.2, 0.25) is 0 Å². The van der Waals surface area contributed by atoms with E-state index in [1.165, 1.54) is 6.42 Å². The fraction of sp³-hybridized carbons (Fsp3) is 0.600. The molecule has 0 saturated heterocycles. The van der Waals surface area contributed by atoms with Gasteiger partial charge in [-0.25, -0.2) is 0 Å². The third kappa shape index (κ3) is 3.74. The lowest BCUT2D eigenvalue weighted by Crippen LogP contribution is -1.52. The van der Waals surface area contributed by atoms with E-state index in [9.17, 15) is 0 Å². The molecule has 30 valence electrons. The molecule has 0 rings (SSSR count). The molecule has 0 radical (unpaired) electrons. The Balaban J connectivity index is 0. The second-order valence-corrected chi connectivity index (χ2v) is 1.08. The highest BCUT2D eigenvalue weighted by molar-refractivity contribution is 4.63. The molecule has 0 unspecified atom stereocenters. The molecule has 0 heteroatoms. The van der Waals surface area contributed by atoms with Crippen LogP contribution >= 0.6 is 0 Å². The van der Waals surface area contributed by atoms with Gasteiger partial charge in [0.25, 0.3) is 0 Å². The van der Waals surface area contributed by atoms with Crippen molar-refractivity contribution in [1.82, 2.24) is 0 Å². The average Bonchev–Trinajstić information content (AvgIpc) is 1.41. The average molecular weight is 71.1 g/mol. The van der Waals surface area contributed by atoms with Crippen molar-refractivity contribution in [3.8, 4) is 0 Å². The van der Waals surface area contributed by atoms with Gasteiger partial charge in [0.15, 0.2) is 0 Å². The lowest BCUT2D eigenvalue weighted by Gasteiger charge is -1.72. The number of rotatable bonds is 2. The SMILES string of the molecule is C=CCCC.[H+]. The smallest absolute Gasteiger partial charge is 0.103 e. The molecule has 0 saturated carbocycles. The molecule has 0 heterocycles. The predicted molar refractivity (Wildman–Crippen MR) is 26.2 cm³/mol. The van der Waals surface area contributed by atoms with Gasteiger partial charge in [-0.2, -0.15) is 0 Å². The zero-order valence-corrected chi connectivity index (χ0v) is 3.70. The Morgan fingerprint density at radius 2 is 2.60 bits per heavy atom. The quantitative estimate of drug-likeness (QED) is 0.437. The van der Waals surface area contributed by atoms with Crippen LogP contribution in [0.15, 0.2) is 12.7 Å². The summed E-state index contributed by atoms with van der Waals surface area (Å²) in [7, 11) is 0. The molecule has 0 spiro atoms. The summed E-state index contributed by atoms with van der Waals surface area (Å²) >= 11 is 0. The highest BCUT2D eigenvalue weighted by Crippen LogP contribution is 1.82. The van der Waals surface area contributed by atoms with Crippen LogP contribution in [0, 0.1) is 0 Å². The first-order chi connectivity index (χ1) is 2.41. The number of unbranched alkanes of at least 4 members (excludes halogenated alkanes) is 1. The van der Waals surface area contributed by atoms with E-state index in [4.69, 9.17) is 0 Å². The van der Waals surface area contributed by atoms with Gasteiger partial charge in [0.05, 0.1) is 0 Å². The van der Waals surface area contributed by atoms with Crippen LogP contribution in [0.4, 0.5) is 0 Å². The first-order valence-electron chi connectivity index (χ1n) is 2.02. The minimum Gasteiger partial charge on any atom is -0.103 e. The third-order valence-corrected chi connectivity index (χ3v) is 0.493. The van der Waals surface area contributed by atoms with E-state index < -0.39 is 0 Å². The van der Waals surface area contributed by atoms with Crippen LogP contribution in [-0.4, -0.2) is 0 Å². The van der Waals surface area contributed by atoms with E-state index in [1.807, 2.05) is 6.08 Å². The maximum atomic E-state index is 3.55. The first kappa shape index (κ1) is 4.74. The van der Waals surface area contributed by atoms with Crippen LogP contribution in [0.25, 0.3) is 0 Å². The Bertz CT molecular complexity index is 25.1. The zero-order chi connectivity index (χ0) is 4.12. The predicted octanol–water partition coefficient (Wildman–Crippen LogP) is 2.08. The standard InChI is InChI=1S/C5H10/c1-3-5-4-2/h3H,1,4-5H2,2H3/p+1. The van der Waals surface area contributed by atoms with Crippen LogP contribution < -0.4 is 0 Å². The monoisotopic (exact) mass is 71.1 g/mol. The van der Waals surface area contributed by atoms with E-state index in [2.05, 4.69) is 13.5 Å². The number of hydrogen-bond donors (Lipinski definition) is 0. The molecule has 0 aliphatic carbocycles. The van der Waals surface area contributed by atoms with Crippen molar-refractivity contribution in [3.05, 3.63) is 12.7 Å². The summed E-state index contributed by atoms with van der Waals surface area (Å²) in [5.74, 6) is 0. The Kier molecular flexibility index (Phi) is 3.55. The molecule has 0 aromatic rings. The summed E-state index contributed by atoms with van der Waals surface area (Å²) in [6.45, 7) is 5.69. The van der Waals surface area contributed by atoms with Crippen molar-refractivity contribution < 1.29 is 1.43 Å². The van der Waals surface area contributed by atoms with Gasteiger partial charge in [-0.3, -0.25) is 0 Å². The van der Waals surface area contributed by atoms with Crippen LogP contribution in [0.3, 0.4) is 0 Å². The van der Waals surface area contributed by atoms with Crippen molar-refractivity contribution in [2.24, 2.45) is 0 Å². The summed E-state index contributed by atoms with van der Waals surface area (Å²) in [5, 5.41) is 0. The Labute approximate surface area is 35.0 Å². The zero-order valence-electron chi connectivity index (χ0n) is 4.70. The van der Waals surface area contributed by atoms with Gasteiger partial charge in [-0.05, 0) is 6.42 Å². The topological polar surface area (TPSA) is 0 Å². The summed E-state index contributed by atoms with van der Waals surface area (Å²) in [6, 6.07) is 0. The fourth-order valence-corrected chi connectivity index (χ4v) is 0.204. The van der Waals surface area contributed by atoms with Gasteiger partial charge in [0.1, 0.15) is 0 Å². The molecule has 0 bridgehead atoms. The molecule has 0 amide bonds. The minimum atomic E-state index is 0. The Hall–Kier alpha value is -0.260. The van der Waals surface area contributed by atoms with Crippen molar-refractivity contribution in [1.29, 1.82) is 0 Å². The van der Waals surface area contributed by atoms with Gasteiger partial charge in [-0.1, -0.05) is 19.4 Å². The third-order valence-electron chi connectivity index (χ3n) is 0.493. The first-order valence-corrected chi connectivity index (χ1v) is 2.02. The highest BCUT2D eigenvalue weighted by Gasteiger charge is 1.61. The van der Waals surface area contributed by atoms with Gasteiger partial charge >= 0.3 is 1.43 Å². The maximum Gasteiger partial charge on any atom is 1.00 e. The number of hydrogen-bond acceptors (Lipinski definition) is 0. The molecule has 0 nitrogen and oxygen atoms in total. The van der Waals surface area contributed by atoms with Crippen molar-refractivity contribution in [2.45, 2.75) is 19.8 Å². The molecule has 0 aromatic carbocycles. The molecule has 0 atom stereocenters. The normalized spacial score (nSPS) is 7.40. The lowest BCUT2D eigenvalue weighted by atomic mass is 10.3. The van der Waals surface area contributed by atoms with Crippen LogP contribution in [0.1, 0.15) is 21.2 Å². The van der Waals surface area contributed by atoms with E-state index in [0.29, 0.717) is 0 Å². The molecule has 0 fully saturated rings.